The number of hydrogen-bond acceptors (Lipinski definition) is 5. The minimum absolute atomic E-state index is 0.0891. The molecule has 0 unspecified atom stereocenters. The number of carbonyl (C=O) groups is 1. The van der Waals surface area contributed by atoms with E-state index in [1.165, 1.54) is 17.4 Å². The number of benzene rings is 1. The van der Waals surface area contributed by atoms with Gasteiger partial charge in [-0.2, -0.15) is 0 Å². The molecule has 1 aromatic heterocycles. The third-order valence-corrected chi connectivity index (χ3v) is 6.70. The monoisotopic (exact) mass is 432 g/mol. The van der Waals surface area contributed by atoms with Crippen molar-refractivity contribution in [2.24, 2.45) is 5.92 Å². The molecule has 0 N–H and O–H groups in total. The van der Waals surface area contributed by atoms with Gasteiger partial charge in [-0.3, -0.25) is 9.69 Å². The normalized spacial score (nSPS) is 17.5. The summed E-state index contributed by atoms with van der Waals surface area (Å²) in [6, 6.07) is 7.01. The van der Waals surface area contributed by atoms with Gasteiger partial charge in [0.05, 0.1) is 10.7 Å². The first-order chi connectivity index (χ1) is 14.3. The number of nitrogens with zero attached hydrogens (tertiary/aromatic N) is 4. The van der Waals surface area contributed by atoms with Crippen LogP contribution in [-0.2, 0) is 6.54 Å². The summed E-state index contributed by atoms with van der Waals surface area (Å²) in [4.78, 5) is 24.9. The van der Waals surface area contributed by atoms with Crippen molar-refractivity contribution < 1.29 is 9.18 Å². The zero-order valence-corrected chi connectivity index (χ0v) is 19.3. The molecule has 7 heteroatoms. The molecule has 164 valence electrons. The average Bonchev–Trinajstić information content (AvgIpc) is 3.04. The Balaban J connectivity index is 1.67. The molecule has 1 aliphatic rings. The van der Waals surface area contributed by atoms with E-state index >= 15 is 0 Å². The SMILES string of the molecule is Cc1nc(C)c(C(=O)N(CCN(C)C)C[C@@H]2CCCN(Cc3ccccc3F)C2)s1. The number of aryl methyl sites for hydroxylation is 2. The molecule has 0 spiro atoms. The van der Waals surface area contributed by atoms with Gasteiger partial charge in [-0.1, -0.05) is 18.2 Å². The van der Waals surface area contributed by atoms with E-state index in [2.05, 4.69) is 14.8 Å². The van der Waals surface area contributed by atoms with Crippen LogP contribution in [0.5, 0.6) is 0 Å². The van der Waals surface area contributed by atoms with Crippen LogP contribution in [-0.4, -0.2) is 72.4 Å². The van der Waals surface area contributed by atoms with Crippen molar-refractivity contribution in [3.05, 3.63) is 51.2 Å². The van der Waals surface area contributed by atoms with Gasteiger partial charge >= 0.3 is 0 Å². The highest BCUT2D eigenvalue weighted by molar-refractivity contribution is 7.13. The molecule has 2 aromatic rings. The fourth-order valence-electron chi connectivity index (χ4n) is 4.09. The number of likely N-dealkylation sites (tertiary alicyclic amines) is 1. The van der Waals surface area contributed by atoms with Gasteiger partial charge in [0.15, 0.2) is 0 Å². The van der Waals surface area contributed by atoms with Gasteiger partial charge in [-0.05, 0) is 59.3 Å². The van der Waals surface area contributed by atoms with Crippen molar-refractivity contribution in [2.75, 3.05) is 46.8 Å². The Morgan fingerprint density at radius 1 is 1.27 bits per heavy atom. The Morgan fingerprint density at radius 3 is 2.70 bits per heavy atom. The van der Waals surface area contributed by atoms with Gasteiger partial charge in [-0.15, -0.1) is 11.3 Å². The van der Waals surface area contributed by atoms with Gasteiger partial charge in [0, 0.05) is 38.3 Å². The second-order valence-corrected chi connectivity index (χ2v) is 9.74. The number of likely N-dealkylation sites (N-methyl/N-ethyl adjacent to an activating group) is 1. The van der Waals surface area contributed by atoms with E-state index in [-0.39, 0.29) is 11.7 Å². The zero-order valence-electron chi connectivity index (χ0n) is 18.5. The lowest BCUT2D eigenvalue weighted by molar-refractivity contribution is 0.0664. The molecule has 1 saturated heterocycles. The van der Waals surface area contributed by atoms with Crippen molar-refractivity contribution in [1.82, 2.24) is 19.7 Å². The van der Waals surface area contributed by atoms with Crippen LogP contribution in [0.25, 0.3) is 0 Å². The Morgan fingerprint density at radius 2 is 2.03 bits per heavy atom. The standard InChI is InChI=1S/C23H33FN4OS/c1-17-22(30-18(2)25-17)23(29)28(13-12-26(3)4)15-19-8-7-11-27(14-19)16-20-9-5-6-10-21(20)24/h5-6,9-10,19H,7-8,11-16H2,1-4H3/t19-/m1/s1. The largest absolute Gasteiger partial charge is 0.336 e. The summed E-state index contributed by atoms with van der Waals surface area (Å²) in [5.74, 6) is 0.343. The second kappa shape index (κ2) is 10.5. The number of amides is 1. The topological polar surface area (TPSA) is 39.7 Å². The van der Waals surface area contributed by atoms with Gasteiger partial charge < -0.3 is 9.80 Å². The Bertz CT molecular complexity index is 853. The molecule has 3 rings (SSSR count). The number of halogens is 1. The fourth-order valence-corrected chi connectivity index (χ4v) is 4.98. The van der Waals surface area contributed by atoms with Crippen LogP contribution in [0.4, 0.5) is 4.39 Å². The molecule has 1 atom stereocenters. The molecule has 1 aliphatic heterocycles. The summed E-state index contributed by atoms with van der Waals surface area (Å²) in [7, 11) is 4.06. The Hall–Kier alpha value is -1.83. The molecular weight excluding hydrogens is 399 g/mol. The molecular formula is C23H33FN4OS. The van der Waals surface area contributed by atoms with Crippen molar-refractivity contribution >= 4 is 17.2 Å². The number of piperidine rings is 1. The van der Waals surface area contributed by atoms with Crippen molar-refractivity contribution in [3.63, 3.8) is 0 Å². The van der Waals surface area contributed by atoms with Crippen LogP contribution in [0, 0.1) is 25.6 Å². The molecule has 1 fully saturated rings. The highest BCUT2D eigenvalue weighted by atomic mass is 32.1. The average molecular weight is 433 g/mol. The van der Waals surface area contributed by atoms with E-state index in [0.717, 1.165) is 60.2 Å². The highest BCUT2D eigenvalue weighted by Gasteiger charge is 2.27. The first-order valence-corrected chi connectivity index (χ1v) is 11.5. The van der Waals surface area contributed by atoms with Crippen LogP contribution in [0.3, 0.4) is 0 Å². The molecule has 2 heterocycles. The molecule has 5 nitrogen and oxygen atoms in total. The lowest BCUT2D eigenvalue weighted by atomic mass is 9.96. The molecule has 1 aromatic carbocycles. The number of hydrogen-bond donors (Lipinski definition) is 0. The summed E-state index contributed by atoms with van der Waals surface area (Å²) >= 11 is 1.48. The maximum Gasteiger partial charge on any atom is 0.265 e. The quantitative estimate of drug-likeness (QED) is 0.636. The molecule has 0 radical (unpaired) electrons. The number of carbonyl (C=O) groups excluding carboxylic acids is 1. The highest BCUT2D eigenvalue weighted by Crippen LogP contribution is 2.24. The number of aromatic nitrogens is 1. The zero-order chi connectivity index (χ0) is 21.7. The lowest BCUT2D eigenvalue weighted by Gasteiger charge is -2.36. The van der Waals surface area contributed by atoms with E-state index in [1.54, 1.807) is 6.07 Å². The van der Waals surface area contributed by atoms with E-state index in [1.807, 2.05) is 45.0 Å². The number of rotatable bonds is 8. The molecule has 30 heavy (non-hydrogen) atoms. The van der Waals surface area contributed by atoms with Crippen LogP contribution in [0.15, 0.2) is 24.3 Å². The summed E-state index contributed by atoms with van der Waals surface area (Å²) < 4.78 is 14.1. The minimum atomic E-state index is -0.140. The molecule has 0 saturated carbocycles. The predicted octanol–water partition coefficient (Wildman–Crippen LogP) is 3.82. The van der Waals surface area contributed by atoms with Crippen LogP contribution >= 0.6 is 11.3 Å². The third-order valence-electron chi connectivity index (χ3n) is 5.64. The molecule has 1 amide bonds. The van der Waals surface area contributed by atoms with Gasteiger partial charge in [0.1, 0.15) is 10.7 Å². The van der Waals surface area contributed by atoms with Crippen LogP contribution < -0.4 is 0 Å². The van der Waals surface area contributed by atoms with E-state index in [0.29, 0.717) is 19.0 Å². The maximum atomic E-state index is 14.1. The second-order valence-electron chi connectivity index (χ2n) is 8.54. The predicted molar refractivity (Wildman–Crippen MR) is 120 cm³/mol. The van der Waals surface area contributed by atoms with Crippen LogP contribution in [0.2, 0.25) is 0 Å². The lowest BCUT2D eigenvalue weighted by Crippen LogP contribution is -2.44. The Labute approximate surface area is 183 Å². The summed E-state index contributed by atoms with van der Waals surface area (Å²) in [6.07, 6.45) is 2.17. The van der Waals surface area contributed by atoms with Crippen molar-refractivity contribution in [1.29, 1.82) is 0 Å². The summed E-state index contributed by atoms with van der Waals surface area (Å²) in [5.41, 5.74) is 1.57. The first-order valence-electron chi connectivity index (χ1n) is 10.7. The Kier molecular flexibility index (Phi) is 7.97. The minimum Gasteiger partial charge on any atom is -0.336 e. The van der Waals surface area contributed by atoms with Crippen molar-refractivity contribution in [3.8, 4) is 0 Å². The van der Waals surface area contributed by atoms with Gasteiger partial charge in [0.25, 0.3) is 5.91 Å². The third kappa shape index (κ3) is 6.09. The van der Waals surface area contributed by atoms with Gasteiger partial charge in [-0.25, -0.2) is 9.37 Å². The number of thiazole rings is 1. The van der Waals surface area contributed by atoms with Gasteiger partial charge in [0.2, 0.25) is 0 Å². The fraction of sp³-hybridized carbons (Fsp3) is 0.565. The smallest absolute Gasteiger partial charge is 0.265 e. The van der Waals surface area contributed by atoms with Crippen molar-refractivity contribution in [2.45, 2.75) is 33.2 Å². The van der Waals surface area contributed by atoms with E-state index in [4.69, 9.17) is 0 Å². The maximum absolute atomic E-state index is 14.1. The summed E-state index contributed by atoms with van der Waals surface area (Å²) in [5, 5.41) is 0.928. The summed E-state index contributed by atoms with van der Waals surface area (Å²) in [6.45, 7) is 8.61. The van der Waals surface area contributed by atoms with Crippen LogP contribution in [0.1, 0.15) is 38.8 Å². The molecule has 0 bridgehead atoms. The van der Waals surface area contributed by atoms with E-state index in [9.17, 15) is 9.18 Å². The van der Waals surface area contributed by atoms with E-state index < -0.39 is 0 Å². The first kappa shape index (κ1) is 22.8. The molecule has 0 aliphatic carbocycles.